The monoisotopic (exact) mass is 536 g/mol. The number of fused-ring (bicyclic) bond motifs is 6. The average molecular weight is 537 g/mol. The van der Waals surface area contributed by atoms with E-state index in [1.165, 1.54) is 81.7 Å². The molecule has 0 heterocycles. The van der Waals surface area contributed by atoms with E-state index in [1.54, 1.807) is 0 Å². The molecule has 0 bridgehead atoms. The van der Waals surface area contributed by atoms with Crippen molar-refractivity contribution in [3.8, 4) is 22.3 Å². The van der Waals surface area contributed by atoms with Crippen molar-refractivity contribution in [2.45, 2.75) is 20.3 Å². The summed E-state index contributed by atoms with van der Waals surface area (Å²) in [5.74, 6) is 0.585. The summed E-state index contributed by atoms with van der Waals surface area (Å²) in [6, 6.07) is 51.7. The predicted molar refractivity (Wildman–Crippen MR) is 183 cm³/mol. The van der Waals surface area contributed by atoms with Gasteiger partial charge in [-0.05, 0) is 100 Å². The van der Waals surface area contributed by atoms with Crippen LogP contribution in [0.25, 0.3) is 76.1 Å². The lowest BCUT2D eigenvalue weighted by atomic mass is 9.83. The molecule has 200 valence electrons. The van der Waals surface area contributed by atoms with Crippen molar-refractivity contribution < 1.29 is 0 Å². The molecule has 0 unspecified atom stereocenters. The maximum absolute atomic E-state index is 2.41. The Hall–Kier alpha value is -4.94. The van der Waals surface area contributed by atoms with E-state index in [1.807, 2.05) is 0 Å². The van der Waals surface area contributed by atoms with Gasteiger partial charge in [-0.2, -0.15) is 0 Å². The first kappa shape index (κ1) is 24.8. The molecule has 0 saturated heterocycles. The third-order valence-electron chi connectivity index (χ3n) is 8.89. The molecule has 0 amide bonds. The van der Waals surface area contributed by atoms with Gasteiger partial charge in [0.15, 0.2) is 0 Å². The molecule has 0 spiro atoms. The maximum atomic E-state index is 2.41. The zero-order valence-electron chi connectivity index (χ0n) is 24.1. The fourth-order valence-electron chi connectivity index (χ4n) is 7.18. The standard InChI is InChI=1S/C42H32/c1-27(2)25-39-30-16-7-6-15-29(30)26-40-31-21-12-22-34(32(31)23-24-33(39)40)42-37-19-10-8-17-35(37)41(28-13-4-3-5-14-28)36-18-9-11-20-38(36)42/h3-24,26-27H,25H2,1-2H3. The van der Waals surface area contributed by atoms with Gasteiger partial charge in [-0.3, -0.25) is 0 Å². The topological polar surface area (TPSA) is 0 Å². The minimum Gasteiger partial charge on any atom is -0.0625 e. The zero-order valence-corrected chi connectivity index (χ0v) is 24.1. The summed E-state index contributed by atoms with van der Waals surface area (Å²) in [5.41, 5.74) is 6.63. The van der Waals surface area contributed by atoms with E-state index in [0.29, 0.717) is 5.92 Å². The van der Waals surface area contributed by atoms with E-state index < -0.39 is 0 Å². The molecule has 42 heavy (non-hydrogen) atoms. The Bertz CT molecular complexity index is 2230. The van der Waals surface area contributed by atoms with Gasteiger partial charge in [0.2, 0.25) is 0 Å². The highest BCUT2D eigenvalue weighted by atomic mass is 14.2. The molecule has 0 aromatic heterocycles. The van der Waals surface area contributed by atoms with Crippen LogP contribution in [0.3, 0.4) is 0 Å². The summed E-state index contributed by atoms with van der Waals surface area (Å²) in [6.07, 6.45) is 1.07. The molecular formula is C42H32. The summed E-state index contributed by atoms with van der Waals surface area (Å²) < 4.78 is 0. The van der Waals surface area contributed by atoms with Crippen molar-refractivity contribution in [2.75, 3.05) is 0 Å². The molecule has 0 atom stereocenters. The molecule has 8 aromatic carbocycles. The van der Waals surface area contributed by atoms with Gasteiger partial charge in [-0.15, -0.1) is 0 Å². The van der Waals surface area contributed by atoms with Gasteiger partial charge < -0.3 is 0 Å². The van der Waals surface area contributed by atoms with E-state index >= 15 is 0 Å². The summed E-state index contributed by atoms with van der Waals surface area (Å²) >= 11 is 0. The lowest BCUT2D eigenvalue weighted by molar-refractivity contribution is 0.653. The molecule has 0 fully saturated rings. The largest absolute Gasteiger partial charge is 0.0625 e. The van der Waals surface area contributed by atoms with Crippen molar-refractivity contribution in [3.63, 3.8) is 0 Å². The zero-order chi connectivity index (χ0) is 28.2. The Labute approximate surface area is 246 Å². The first-order valence-electron chi connectivity index (χ1n) is 15.0. The lowest BCUT2D eigenvalue weighted by Gasteiger charge is -2.20. The van der Waals surface area contributed by atoms with Crippen LogP contribution in [0.5, 0.6) is 0 Å². The van der Waals surface area contributed by atoms with Crippen molar-refractivity contribution in [2.24, 2.45) is 5.92 Å². The molecule has 0 saturated carbocycles. The van der Waals surface area contributed by atoms with E-state index in [2.05, 4.69) is 153 Å². The summed E-state index contributed by atoms with van der Waals surface area (Å²) in [5, 5.41) is 13.2. The number of rotatable bonds is 4. The minimum atomic E-state index is 0.585. The van der Waals surface area contributed by atoms with Gasteiger partial charge in [0.05, 0.1) is 0 Å². The summed E-state index contributed by atoms with van der Waals surface area (Å²) in [7, 11) is 0. The van der Waals surface area contributed by atoms with Gasteiger partial charge in [-0.25, -0.2) is 0 Å². The Morgan fingerprint density at radius 2 is 0.952 bits per heavy atom. The fourth-order valence-corrected chi connectivity index (χ4v) is 7.18. The smallest absolute Gasteiger partial charge is 0.00201 e. The molecule has 8 rings (SSSR count). The summed E-state index contributed by atoms with van der Waals surface area (Å²) in [6.45, 7) is 4.64. The quantitative estimate of drug-likeness (QED) is 0.155. The predicted octanol–water partition coefficient (Wildman–Crippen LogP) is 12.0. The molecular weight excluding hydrogens is 504 g/mol. The first-order chi connectivity index (χ1) is 20.7. The van der Waals surface area contributed by atoms with Crippen molar-refractivity contribution in [1.29, 1.82) is 0 Å². The Morgan fingerprint density at radius 1 is 0.405 bits per heavy atom. The van der Waals surface area contributed by atoms with Crippen LogP contribution < -0.4 is 0 Å². The molecule has 0 heteroatoms. The highest BCUT2D eigenvalue weighted by Gasteiger charge is 2.19. The second kappa shape index (κ2) is 9.86. The molecule has 0 aliphatic carbocycles. The van der Waals surface area contributed by atoms with E-state index in [-0.39, 0.29) is 0 Å². The SMILES string of the molecule is CC(C)Cc1c2ccccc2cc2c1ccc1c(-c3c4ccccc4c(-c4ccccc4)c4ccccc34)cccc12. The van der Waals surface area contributed by atoms with Crippen LogP contribution in [-0.4, -0.2) is 0 Å². The van der Waals surface area contributed by atoms with E-state index in [9.17, 15) is 0 Å². The molecule has 8 aromatic rings. The molecule has 0 N–H and O–H groups in total. The highest BCUT2D eigenvalue weighted by Crippen LogP contribution is 2.46. The fraction of sp³-hybridized carbons (Fsp3) is 0.0952. The van der Waals surface area contributed by atoms with Crippen LogP contribution in [0, 0.1) is 5.92 Å². The van der Waals surface area contributed by atoms with Crippen LogP contribution in [0.4, 0.5) is 0 Å². The van der Waals surface area contributed by atoms with Crippen molar-refractivity contribution in [1.82, 2.24) is 0 Å². The van der Waals surface area contributed by atoms with Crippen molar-refractivity contribution in [3.05, 3.63) is 145 Å². The molecule has 0 nitrogen and oxygen atoms in total. The van der Waals surface area contributed by atoms with Crippen LogP contribution in [0.1, 0.15) is 19.4 Å². The van der Waals surface area contributed by atoms with Crippen molar-refractivity contribution >= 4 is 53.9 Å². The third-order valence-corrected chi connectivity index (χ3v) is 8.89. The third kappa shape index (κ3) is 3.83. The van der Waals surface area contributed by atoms with Gasteiger partial charge in [0, 0.05) is 0 Å². The van der Waals surface area contributed by atoms with Crippen LogP contribution in [0.15, 0.2) is 140 Å². The Kier molecular flexibility index (Phi) is 5.83. The minimum absolute atomic E-state index is 0.585. The van der Waals surface area contributed by atoms with Crippen LogP contribution in [0.2, 0.25) is 0 Å². The number of hydrogen-bond acceptors (Lipinski definition) is 0. The Morgan fingerprint density at radius 3 is 1.62 bits per heavy atom. The van der Waals surface area contributed by atoms with Gasteiger partial charge in [0.25, 0.3) is 0 Å². The van der Waals surface area contributed by atoms with E-state index in [0.717, 1.165) is 6.42 Å². The van der Waals surface area contributed by atoms with Crippen LogP contribution in [-0.2, 0) is 6.42 Å². The summed E-state index contributed by atoms with van der Waals surface area (Å²) in [4.78, 5) is 0. The molecule has 0 radical (unpaired) electrons. The highest BCUT2D eigenvalue weighted by molar-refractivity contribution is 6.25. The van der Waals surface area contributed by atoms with Crippen LogP contribution >= 0.6 is 0 Å². The lowest BCUT2D eigenvalue weighted by Crippen LogP contribution is -1.97. The van der Waals surface area contributed by atoms with Gasteiger partial charge in [0.1, 0.15) is 0 Å². The second-order valence-corrected chi connectivity index (χ2v) is 11.9. The Balaban J connectivity index is 1.50. The first-order valence-corrected chi connectivity index (χ1v) is 15.0. The molecule has 0 aliphatic heterocycles. The number of benzene rings is 8. The van der Waals surface area contributed by atoms with Gasteiger partial charge >= 0.3 is 0 Å². The molecule has 0 aliphatic rings. The maximum Gasteiger partial charge on any atom is -0.00201 e. The number of hydrogen-bond donors (Lipinski definition) is 0. The van der Waals surface area contributed by atoms with E-state index in [4.69, 9.17) is 0 Å². The second-order valence-electron chi connectivity index (χ2n) is 11.9. The van der Waals surface area contributed by atoms with Gasteiger partial charge in [-0.1, -0.05) is 147 Å². The normalized spacial score (nSPS) is 11.9. The average Bonchev–Trinajstić information content (AvgIpc) is 3.03.